The third-order valence-electron chi connectivity index (χ3n) is 1.89. The van der Waals surface area contributed by atoms with Crippen LogP contribution in [0.25, 0.3) is 0 Å². The summed E-state index contributed by atoms with van der Waals surface area (Å²) in [7, 11) is 0. The van der Waals surface area contributed by atoms with Crippen molar-refractivity contribution in [2.45, 2.75) is 6.18 Å². The van der Waals surface area contributed by atoms with Crippen molar-refractivity contribution in [2.24, 2.45) is 0 Å². The summed E-state index contributed by atoms with van der Waals surface area (Å²) in [6.07, 6.45) is -5.20. The quantitative estimate of drug-likeness (QED) is 0.806. The van der Waals surface area contributed by atoms with Gasteiger partial charge in [0.05, 0.1) is 26.3 Å². The number of carbonyl (C=O) groups excluding carboxylic acids is 1. The van der Waals surface area contributed by atoms with Gasteiger partial charge in [-0.3, -0.25) is 4.79 Å². The van der Waals surface area contributed by atoms with Crippen molar-refractivity contribution < 1.29 is 27.9 Å². The maximum Gasteiger partial charge on any atom is 0.471 e. The van der Waals surface area contributed by atoms with Crippen LogP contribution in [0.15, 0.2) is 6.07 Å². The molecule has 1 aromatic carbocycles. The fourth-order valence-corrected chi connectivity index (χ4v) is 1.72. The first-order valence-corrected chi connectivity index (χ1v) is 5.48. The van der Waals surface area contributed by atoms with Crippen LogP contribution in [0.4, 0.5) is 18.9 Å². The molecule has 2 N–H and O–H groups in total. The molecule has 4 nitrogen and oxygen atoms in total. The SMILES string of the molecule is O=C(O)c1cc(Cl)c(Cl)c(Cl)c1NC(=O)C(F)(F)F. The van der Waals surface area contributed by atoms with Gasteiger partial charge >= 0.3 is 18.1 Å². The summed E-state index contributed by atoms with van der Waals surface area (Å²) < 4.78 is 36.4. The number of alkyl halides is 3. The molecule has 0 heterocycles. The minimum absolute atomic E-state index is 0.269. The Balaban J connectivity index is 3.37. The van der Waals surface area contributed by atoms with E-state index in [1.54, 1.807) is 0 Å². The minimum atomic E-state index is -5.20. The van der Waals surface area contributed by atoms with Crippen LogP contribution in [-0.4, -0.2) is 23.2 Å². The Hall–Kier alpha value is -1.18. The van der Waals surface area contributed by atoms with Crippen LogP contribution in [0.2, 0.25) is 15.1 Å². The Labute approximate surface area is 119 Å². The Kier molecular flexibility index (Phi) is 4.54. The first-order chi connectivity index (χ1) is 8.55. The number of amides is 1. The van der Waals surface area contributed by atoms with Crippen LogP contribution in [-0.2, 0) is 4.79 Å². The molecule has 0 unspecified atom stereocenters. The molecule has 0 radical (unpaired) electrons. The lowest BCUT2D eigenvalue weighted by atomic mass is 10.1. The summed E-state index contributed by atoms with van der Waals surface area (Å²) in [5.41, 5.74) is -1.48. The molecule has 0 fully saturated rings. The van der Waals surface area contributed by atoms with Crippen molar-refractivity contribution >= 4 is 52.4 Å². The van der Waals surface area contributed by atoms with Gasteiger partial charge in [0.2, 0.25) is 0 Å². The Bertz CT molecular complexity index is 560. The van der Waals surface area contributed by atoms with E-state index in [1.165, 1.54) is 5.32 Å². The zero-order valence-electron chi connectivity index (χ0n) is 8.61. The van der Waals surface area contributed by atoms with E-state index in [1.807, 2.05) is 0 Å². The molecular weight excluding hydrogens is 333 g/mol. The average molecular weight is 336 g/mol. The van der Waals surface area contributed by atoms with Gasteiger partial charge in [-0.05, 0) is 6.07 Å². The van der Waals surface area contributed by atoms with Crippen LogP contribution < -0.4 is 5.32 Å². The highest BCUT2D eigenvalue weighted by Gasteiger charge is 2.39. The zero-order valence-corrected chi connectivity index (χ0v) is 10.9. The minimum Gasteiger partial charge on any atom is -0.478 e. The molecule has 0 saturated heterocycles. The van der Waals surface area contributed by atoms with Crippen LogP contribution in [0.3, 0.4) is 0 Å². The number of nitrogens with one attached hydrogen (secondary N) is 1. The van der Waals surface area contributed by atoms with Gasteiger partial charge < -0.3 is 10.4 Å². The van der Waals surface area contributed by atoms with Gasteiger partial charge in [0.1, 0.15) is 0 Å². The predicted molar refractivity (Wildman–Crippen MR) is 63.1 cm³/mol. The van der Waals surface area contributed by atoms with E-state index >= 15 is 0 Å². The van der Waals surface area contributed by atoms with Crippen molar-refractivity contribution in [3.63, 3.8) is 0 Å². The molecule has 0 aliphatic heterocycles. The van der Waals surface area contributed by atoms with Gasteiger partial charge in [-0.1, -0.05) is 34.8 Å². The standard InChI is InChI=1S/C9H3Cl3F3NO3/c10-3-1-2(7(17)18)6(5(12)4(3)11)16-8(19)9(13,14)15/h1H,(H,16,19)(H,17,18). The molecule has 1 amide bonds. The molecular formula is C9H3Cl3F3NO3. The van der Waals surface area contributed by atoms with Gasteiger partial charge in [-0.2, -0.15) is 13.2 Å². The van der Waals surface area contributed by atoms with Crippen molar-refractivity contribution in [2.75, 3.05) is 5.32 Å². The summed E-state index contributed by atoms with van der Waals surface area (Å²) >= 11 is 16.7. The fraction of sp³-hybridized carbons (Fsp3) is 0.111. The van der Waals surface area contributed by atoms with Crippen molar-refractivity contribution in [1.82, 2.24) is 0 Å². The maximum absolute atomic E-state index is 12.1. The van der Waals surface area contributed by atoms with Gasteiger partial charge in [0.25, 0.3) is 0 Å². The number of aromatic carboxylic acids is 1. The van der Waals surface area contributed by atoms with Crippen molar-refractivity contribution in [1.29, 1.82) is 0 Å². The number of carboxylic acid groups (broad SMARTS) is 1. The second-order valence-electron chi connectivity index (χ2n) is 3.17. The number of carbonyl (C=O) groups is 2. The van der Waals surface area contributed by atoms with E-state index in [9.17, 15) is 22.8 Å². The number of carboxylic acids is 1. The molecule has 0 saturated carbocycles. The molecule has 104 valence electrons. The van der Waals surface area contributed by atoms with Gasteiger partial charge in [-0.25, -0.2) is 4.79 Å². The van der Waals surface area contributed by atoms with Gasteiger partial charge in [0, 0.05) is 0 Å². The van der Waals surface area contributed by atoms with Crippen LogP contribution in [0, 0.1) is 0 Å². The molecule has 10 heteroatoms. The lowest BCUT2D eigenvalue weighted by molar-refractivity contribution is -0.167. The first kappa shape index (κ1) is 15.9. The lowest BCUT2D eigenvalue weighted by Crippen LogP contribution is -2.30. The molecule has 0 aliphatic rings. The first-order valence-electron chi connectivity index (χ1n) is 4.34. The molecule has 0 bridgehead atoms. The fourth-order valence-electron chi connectivity index (χ4n) is 1.07. The monoisotopic (exact) mass is 335 g/mol. The smallest absolute Gasteiger partial charge is 0.471 e. The summed E-state index contributed by atoms with van der Waals surface area (Å²) in [5.74, 6) is -4.01. The largest absolute Gasteiger partial charge is 0.478 e. The zero-order chi connectivity index (χ0) is 15.0. The van der Waals surface area contributed by atoms with Crippen molar-refractivity contribution in [3.8, 4) is 0 Å². The summed E-state index contributed by atoms with van der Waals surface area (Å²) in [6, 6.07) is 0.782. The van der Waals surface area contributed by atoms with Gasteiger partial charge in [0.15, 0.2) is 0 Å². The highest BCUT2D eigenvalue weighted by Crippen LogP contribution is 2.39. The van der Waals surface area contributed by atoms with Crippen LogP contribution in [0.1, 0.15) is 10.4 Å². The molecule has 1 aromatic rings. The van der Waals surface area contributed by atoms with E-state index in [0.717, 1.165) is 6.07 Å². The molecule has 19 heavy (non-hydrogen) atoms. The third-order valence-corrected chi connectivity index (χ3v) is 3.15. The highest BCUT2D eigenvalue weighted by atomic mass is 35.5. The second-order valence-corrected chi connectivity index (χ2v) is 4.33. The topological polar surface area (TPSA) is 66.4 Å². The van der Waals surface area contributed by atoms with Crippen molar-refractivity contribution in [3.05, 3.63) is 26.7 Å². The predicted octanol–water partition coefficient (Wildman–Crippen LogP) is 3.85. The molecule has 0 aliphatic carbocycles. The van der Waals surface area contributed by atoms with Crippen LogP contribution in [0.5, 0.6) is 0 Å². The van der Waals surface area contributed by atoms with Crippen LogP contribution >= 0.6 is 34.8 Å². The molecule has 1 rings (SSSR count). The highest BCUT2D eigenvalue weighted by molar-refractivity contribution is 6.49. The second kappa shape index (κ2) is 5.44. The van der Waals surface area contributed by atoms with E-state index < -0.39 is 34.3 Å². The van der Waals surface area contributed by atoms with E-state index in [2.05, 4.69) is 0 Å². The summed E-state index contributed by atoms with van der Waals surface area (Å²) in [5, 5.41) is 8.94. The Morgan fingerprint density at radius 1 is 1.16 bits per heavy atom. The summed E-state index contributed by atoms with van der Waals surface area (Å²) in [6.45, 7) is 0. The van der Waals surface area contributed by atoms with E-state index in [4.69, 9.17) is 39.9 Å². The normalized spacial score (nSPS) is 11.3. The third kappa shape index (κ3) is 3.43. The Morgan fingerprint density at radius 2 is 1.68 bits per heavy atom. The number of halogens is 6. The number of benzene rings is 1. The number of hydrogen-bond donors (Lipinski definition) is 2. The number of rotatable bonds is 2. The Morgan fingerprint density at radius 3 is 2.11 bits per heavy atom. The van der Waals surface area contributed by atoms with Gasteiger partial charge in [-0.15, -0.1) is 0 Å². The molecule has 0 aromatic heterocycles. The number of anilines is 1. The average Bonchev–Trinajstić information content (AvgIpc) is 2.27. The lowest BCUT2D eigenvalue weighted by Gasteiger charge is -2.13. The van der Waals surface area contributed by atoms with E-state index in [0.29, 0.717) is 0 Å². The molecule has 0 atom stereocenters. The molecule has 0 spiro atoms. The van der Waals surface area contributed by atoms with E-state index in [-0.39, 0.29) is 10.0 Å². The summed E-state index contributed by atoms with van der Waals surface area (Å²) in [4.78, 5) is 21.7. The number of hydrogen-bond acceptors (Lipinski definition) is 2. The maximum atomic E-state index is 12.1.